The third kappa shape index (κ3) is 5.70. The molecule has 54 heavy (non-hydrogen) atoms. The molecule has 8 aromatic rings. The Hall–Kier alpha value is -4.42. The van der Waals surface area contributed by atoms with Crippen LogP contribution in [0.1, 0.15) is 47.9 Å². The molecule has 0 saturated heterocycles. The van der Waals surface area contributed by atoms with Crippen molar-refractivity contribution in [3.8, 4) is 22.3 Å². The van der Waals surface area contributed by atoms with Gasteiger partial charge in [0.15, 0.2) is 0 Å². The number of rotatable bonds is 4. The lowest BCUT2D eigenvalue weighted by Crippen LogP contribution is -2.46. The summed E-state index contributed by atoms with van der Waals surface area (Å²) in [6.07, 6.45) is 9.55. The van der Waals surface area contributed by atoms with Crippen molar-refractivity contribution in [2.24, 2.45) is 0 Å². The SMILES string of the molecule is c1ccc2c3c(ccc2c1)CP(N[C@@H]1CCCC[C@H]1NP1Cc2ccc4ccccc4c2-c2c(ccc4ccccc24)C1)Cc1ccc2ccccc2c1-3. The summed E-state index contributed by atoms with van der Waals surface area (Å²) in [4.78, 5) is 0. The fourth-order valence-corrected chi connectivity index (χ4v) is 14.8. The molecule has 264 valence electrons. The Morgan fingerprint density at radius 3 is 0.907 bits per heavy atom. The molecule has 4 heteroatoms. The van der Waals surface area contributed by atoms with E-state index in [9.17, 15) is 0 Å². The smallest absolute Gasteiger partial charge is 0.0260 e. The highest BCUT2D eigenvalue weighted by molar-refractivity contribution is 7.54. The molecule has 2 nitrogen and oxygen atoms in total. The minimum Gasteiger partial charge on any atom is -0.291 e. The Morgan fingerprint density at radius 1 is 0.333 bits per heavy atom. The van der Waals surface area contributed by atoms with Crippen molar-refractivity contribution in [1.82, 2.24) is 10.2 Å². The Labute approximate surface area is 320 Å². The van der Waals surface area contributed by atoms with Crippen LogP contribution >= 0.6 is 16.1 Å². The molecule has 3 aliphatic rings. The Balaban J connectivity index is 0.945. The van der Waals surface area contributed by atoms with Gasteiger partial charge in [-0.25, -0.2) is 0 Å². The van der Waals surface area contributed by atoms with Crippen LogP contribution in [0.15, 0.2) is 146 Å². The highest BCUT2D eigenvalue weighted by atomic mass is 31.1. The van der Waals surface area contributed by atoms with Crippen LogP contribution in [0, 0.1) is 0 Å². The molecule has 8 aromatic carbocycles. The van der Waals surface area contributed by atoms with Crippen LogP contribution in [0.2, 0.25) is 0 Å². The molecule has 11 rings (SSSR count). The zero-order valence-corrected chi connectivity index (χ0v) is 32.4. The predicted octanol–water partition coefficient (Wildman–Crippen LogP) is 13.6. The van der Waals surface area contributed by atoms with Gasteiger partial charge in [-0.3, -0.25) is 10.2 Å². The lowest BCUT2D eigenvalue weighted by Gasteiger charge is -2.38. The summed E-state index contributed by atoms with van der Waals surface area (Å²) < 4.78 is 0. The molecule has 0 aromatic heterocycles. The van der Waals surface area contributed by atoms with Crippen molar-refractivity contribution in [2.45, 2.75) is 62.4 Å². The largest absolute Gasteiger partial charge is 0.291 e. The van der Waals surface area contributed by atoms with Crippen molar-refractivity contribution in [1.29, 1.82) is 0 Å². The summed E-state index contributed by atoms with van der Waals surface area (Å²) in [5.41, 5.74) is 11.9. The van der Waals surface area contributed by atoms with E-state index < -0.39 is 16.1 Å². The van der Waals surface area contributed by atoms with Gasteiger partial charge in [-0.15, -0.1) is 0 Å². The first-order valence-corrected chi connectivity index (χ1v) is 23.2. The first-order chi connectivity index (χ1) is 26.7. The summed E-state index contributed by atoms with van der Waals surface area (Å²) >= 11 is 0. The molecule has 2 aliphatic heterocycles. The summed E-state index contributed by atoms with van der Waals surface area (Å²) in [5, 5.41) is 19.7. The molecule has 0 bridgehead atoms. The lowest BCUT2D eigenvalue weighted by atomic mass is 9.88. The fourth-order valence-electron chi connectivity index (χ4n) is 10.0. The molecule has 1 saturated carbocycles. The highest BCUT2D eigenvalue weighted by Gasteiger charge is 2.33. The van der Waals surface area contributed by atoms with Gasteiger partial charge in [0, 0.05) is 36.7 Å². The van der Waals surface area contributed by atoms with Gasteiger partial charge in [-0.05, 0) is 117 Å². The van der Waals surface area contributed by atoms with Gasteiger partial charge in [-0.2, -0.15) is 0 Å². The minimum atomic E-state index is -0.467. The minimum absolute atomic E-state index is 0.467. The zero-order valence-electron chi connectivity index (χ0n) is 30.6. The zero-order chi connectivity index (χ0) is 35.6. The van der Waals surface area contributed by atoms with Crippen molar-refractivity contribution in [3.05, 3.63) is 168 Å². The summed E-state index contributed by atoms with van der Waals surface area (Å²) in [6, 6.07) is 56.3. The standard InChI is InChI=1S/C50H44N2P2/c1-5-15-41-33(11-1)21-25-37-29-53(30-38-26-22-34-12-2-6-16-42(34)48(38)47(37)41)51-45-19-9-10-20-46(45)52-54-31-39-27-23-35-13-3-7-17-43(35)49(39)50-40(32-54)28-24-36-14-4-8-18-44(36)50/h1-8,11-18,21-28,45-46,51-52H,9-10,19-20,29-32H2/t45-,46-/m1/s1. The number of hydrogen-bond acceptors (Lipinski definition) is 2. The van der Waals surface area contributed by atoms with Gasteiger partial charge in [0.1, 0.15) is 0 Å². The fraction of sp³-hybridized carbons (Fsp3) is 0.200. The number of hydrogen-bond donors (Lipinski definition) is 2. The average molecular weight is 735 g/mol. The number of fused-ring (bicyclic) bond motifs is 14. The van der Waals surface area contributed by atoms with Crippen LogP contribution in [0.5, 0.6) is 0 Å². The van der Waals surface area contributed by atoms with Crippen molar-refractivity contribution in [2.75, 3.05) is 0 Å². The van der Waals surface area contributed by atoms with Gasteiger partial charge in [0.2, 0.25) is 0 Å². The normalized spacial score (nSPS) is 18.9. The van der Waals surface area contributed by atoms with E-state index in [1.54, 1.807) is 0 Å². The van der Waals surface area contributed by atoms with Crippen LogP contribution in [-0.4, -0.2) is 12.1 Å². The number of nitrogens with one attached hydrogen (secondary N) is 2. The van der Waals surface area contributed by atoms with E-state index in [1.807, 2.05) is 0 Å². The van der Waals surface area contributed by atoms with Gasteiger partial charge >= 0.3 is 0 Å². The van der Waals surface area contributed by atoms with Gasteiger partial charge < -0.3 is 0 Å². The molecule has 0 radical (unpaired) electrons. The summed E-state index contributed by atoms with van der Waals surface area (Å²) in [6.45, 7) is 0. The van der Waals surface area contributed by atoms with Gasteiger partial charge in [-0.1, -0.05) is 158 Å². The van der Waals surface area contributed by atoms with E-state index in [0.717, 1.165) is 24.6 Å². The monoisotopic (exact) mass is 734 g/mol. The first-order valence-electron chi connectivity index (χ1n) is 19.8. The third-order valence-electron chi connectivity index (χ3n) is 12.5. The van der Waals surface area contributed by atoms with Crippen LogP contribution in [0.25, 0.3) is 65.3 Å². The Bertz CT molecular complexity index is 2370. The Morgan fingerprint density at radius 2 is 0.611 bits per heavy atom. The maximum Gasteiger partial charge on any atom is 0.0260 e. The number of benzene rings is 8. The second-order valence-electron chi connectivity index (χ2n) is 15.8. The lowest BCUT2D eigenvalue weighted by molar-refractivity contribution is 0.348. The third-order valence-corrected chi connectivity index (χ3v) is 16.8. The van der Waals surface area contributed by atoms with E-state index in [1.165, 1.54) is 113 Å². The second kappa shape index (κ2) is 13.7. The van der Waals surface area contributed by atoms with Gasteiger partial charge in [0.25, 0.3) is 0 Å². The van der Waals surface area contributed by atoms with E-state index in [0.29, 0.717) is 12.1 Å². The van der Waals surface area contributed by atoms with Crippen LogP contribution < -0.4 is 10.2 Å². The van der Waals surface area contributed by atoms with E-state index >= 15 is 0 Å². The molecule has 0 unspecified atom stereocenters. The van der Waals surface area contributed by atoms with E-state index in [4.69, 9.17) is 0 Å². The van der Waals surface area contributed by atoms with E-state index in [2.05, 4.69) is 156 Å². The molecule has 2 heterocycles. The Kier molecular flexibility index (Phi) is 8.37. The topological polar surface area (TPSA) is 24.1 Å². The van der Waals surface area contributed by atoms with Crippen molar-refractivity contribution >= 4 is 59.2 Å². The summed E-state index contributed by atoms with van der Waals surface area (Å²) in [7, 11) is -0.935. The molecule has 1 fully saturated rings. The molecular weight excluding hydrogens is 691 g/mol. The van der Waals surface area contributed by atoms with Crippen molar-refractivity contribution in [3.63, 3.8) is 0 Å². The maximum absolute atomic E-state index is 4.43. The van der Waals surface area contributed by atoms with Crippen LogP contribution in [0.3, 0.4) is 0 Å². The molecule has 0 amide bonds. The van der Waals surface area contributed by atoms with Gasteiger partial charge in [0.05, 0.1) is 0 Å². The van der Waals surface area contributed by atoms with Crippen LogP contribution in [-0.2, 0) is 24.6 Å². The second-order valence-corrected chi connectivity index (χ2v) is 19.7. The van der Waals surface area contributed by atoms with Crippen LogP contribution in [0.4, 0.5) is 0 Å². The predicted molar refractivity (Wildman–Crippen MR) is 235 cm³/mol. The van der Waals surface area contributed by atoms with E-state index in [-0.39, 0.29) is 0 Å². The highest BCUT2D eigenvalue weighted by Crippen LogP contribution is 2.54. The summed E-state index contributed by atoms with van der Waals surface area (Å²) in [5.74, 6) is 0. The maximum atomic E-state index is 4.43. The first kappa shape index (κ1) is 33.0. The molecule has 2 N–H and O–H groups in total. The quantitative estimate of drug-likeness (QED) is 0.176. The van der Waals surface area contributed by atoms with Crippen molar-refractivity contribution < 1.29 is 0 Å². The average Bonchev–Trinajstić information content (AvgIpc) is 3.49. The molecular formula is C50H44N2P2. The molecule has 1 aliphatic carbocycles. The molecule has 0 spiro atoms. The molecule has 2 atom stereocenters.